The van der Waals surface area contributed by atoms with E-state index in [2.05, 4.69) is 22.3 Å². The summed E-state index contributed by atoms with van der Waals surface area (Å²) in [7, 11) is 0. The third-order valence-corrected chi connectivity index (χ3v) is 6.96. The van der Waals surface area contributed by atoms with Gasteiger partial charge in [0.2, 0.25) is 5.91 Å². The van der Waals surface area contributed by atoms with Crippen LogP contribution in [0.15, 0.2) is 54.6 Å². The summed E-state index contributed by atoms with van der Waals surface area (Å²) in [6.07, 6.45) is 5.52. The molecule has 1 aliphatic heterocycles. The summed E-state index contributed by atoms with van der Waals surface area (Å²) in [6.45, 7) is 5.55. The molecule has 0 aromatic heterocycles. The van der Waals surface area contributed by atoms with Crippen molar-refractivity contribution < 1.29 is 9.59 Å². The van der Waals surface area contributed by atoms with Crippen LogP contribution in [0, 0.1) is 12.8 Å². The molecule has 5 nitrogen and oxygen atoms in total. The summed E-state index contributed by atoms with van der Waals surface area (Å²) in [6, 6.07) is 18.0. The molecule has 170 valence electrons. The topological polar surface area (TPSA) is 52.7 Å². The molecule has 1 aliphatic carbocycles. The number of piperazine rings is 1. The molecule has 2 aromatic carbocycles. The molecule has 1 N–H and O–H groups in total. The number of aryl methyl sites for hydroxylation is 1. The highest BCUT2D eigenvalue weighted by atomic mass is 16.2. The summed E-state index contributed by atoms with van der Waals surface area (Å²) in [5.41, 5.74) is 3.15. The Kier molecular flexibility index (Phi) is 7.59. The monoisotopic (exact) mass is 433 g/mol. The van der Waals surface area contributed by atoms with E-state index >= 15 is 0 Å². The van der Waals surface area contributed by atoms with Crippen LogP contribution in [0.2, 0.25) is 0 Å². The van der Waals surface area contributed by atoms with Crippen molar-refractivity contribution in [3.63, 3.8) is 0 Å². The Labute approximate surface area is 191 Å². The number of nitrogens with one attached hydrogen (secondary N) is 1. The lowest BCUT2D eigenvalue weighted by atomic mass is 9.94. The molecule has 1 atom stereocenters. The molecule has 1 heterocycles. The second kappa shape index (κ2) is 10.8. The maximum atomic E-state index is 13.3. The van der Waals surface area contributed by atoms with Crippen LogP contribution < -0.4 is 5.32 Å². The number of hydrogen-bond acceptors (Lipinski definition) is 3. The molecule has 0 unspecified atom stereocenters. The van der Waals surface area contributed by atoms with Crippen LogP contribution in [0.1, 0.15) is 47.2 Å². The molecule has 2 aromatic rings. The van der Waals surface area contributed by atoms with Gasteiger partial charge in [-0.3, -0.25) is 14.5 Å². The standard InChI is InChI=1S/C27H35N3O2/c1-21-11-13-24(14-12-21)27(32)30-19-17-29(18-20-30)25(23-9-5-6-10-23)26(31)28-16-15-22-7-3-2-4-8-22/h2-4,7-8,11-14,23,25H,5-6,9-10,15-20H2,1H3,(H,28,31)/t25-/m0/s1. The predicted molar refractivity (Wildman–Crippen MR) is 128 cm³/mol. The van der Waals surface area contributed by atoms with Gasteiger partial charge in [0.15, 0.2) is 0 Å². The number of hydrogen-bond donors (Lipinski definition) is 1. The van der Waals surface area contributed by atoms with Crippen molar-refractivity contribution in [1.82, 2.24) is 15.1 Å². The zero-order valence-electron chi connectivity index (χ0n) is 19.1. The Bertz CT molecular complexity index is 883. The maximum absolute atomic E-state index is 13.3. The van der Waals surface area contributed by atoms with Gasteiger partial charge in [0.05, 0.1) is 6.04 Å². The lowest BCUT2D eigenvalue weighted by Crippen LogP contribution is -2.58. The Morgan fingerprint density at radius 1 is 0.938 bits per heavy atom. The zero-order chi connectivity index (χ0) is 22.3. The molecule has 2 amide bonds. The van der Waals surface area contributed by atoms with Crippen molar-refractivity contribution in [3.05, 3.63) is 71.3 Å². The minimum atomic E-state index is -0.0788. The van der Waals surface area contributed by atoms with E-state index in [1.54, 1.807) is 0 Å². The van der Waals surface area contributed by atoms with Gasteiger partial charge in [-0.15, -0.1) is 0 Å². The molecule has 5 heteroatoms. The van der Waals surface area contributed by atoms with E-state index in [-0.39, 0.29) is 17.9 Å². The van der Waals surface area contributed by atoms with E-state index in [0.717, 1.165) is 43.5 Å². The molecule has 32 heavy (non-hydrogen) atoms. The van der Waals surface area contributed by atoms with Crippen molar-refractivity contribution in [3.8, 4) is 0 Å². The van der Waals surface area contributed by atoms with E-state index < -0.39 is 0 Å². The van der Waals surface area contributed by atoms with Crippen molar-refractivity contribution >= 4 is 11.8 Å². The fourth-order valence-corrected chi connectivity index (χ4v) is 5.11. The first-order chi connectivity index (χ1) is 15.6. The first kappa shape index (κ1) is 22.5. The molecule has 0 bridgehead atoms. The molecule has 2 aliphatic rings. The Morgan fingerprint density at radius 3 is 2.25 bits per heavy atom. The van der Waals surface area contributed by atoms with Gasteiger partial charge >= 0.3 is 0 Å². The van der Waals surface area contributed by atoms with Gasteiger partial charge in [-0.2, -0.15) is 0 Å². The van der Waals surface area contributed by atoms with Crippen molar-refractivity contribution in [2.24, 2.45) is 5.92 Å². The van der Waals surface area contributed by atoms with Gasteiger partial charge in [-0.05, 0) is 49.8 Å². The highest BCUT2D eigenvalue weighted by Gasteiger charge is 2.37. The number of benzene rings is 2. The molecule has 0 radical (unpaired) electrons. The fraction of sp³-hybridized carbons (Fsp3) is 0.481. The van der Waals surface area contributed by atoms with Crippen LogP contribution in [0.3, 0.4) is 0 Å². The second-order valence-corrected chi connectivity index (χ2v) is 9.21. The predicted octanol–water partition coefficient (Wildman–Crippen LogP) is 3.67. The van der Waals surface area contributed by atoms with Gasteiger partial charge in [0, 0.05) is 38.3 Å². The lowest BCUT2D eigenvalue weighted by Gasteiger charge is -2.40. The van der Waals surface area contributed by atoms with Crippen molar-refractivity contribution in [2.45, 2.75) is 45.1 Å². The van der Waals surface area contributed by atoms with Crippen LogP contribution >= 0.6 is 0 Å². The second-order valence-electron chi connectivity index (χ2n) is 9.21. The minimum Gasteiger partial charge on any atom is -0.354 e. The average molecular weight is 434 g/mol. The molecule has 4 rings (SSSR count). The van der Waals surface area contributed by atoms with Crippen LogP contribution in [-0.4, -0.2) is 60.4 Å². The molecule has 0 spiro atoms. The van der Waals surface area contributed by atoms with Crippen molar-refractivity contribution in [1.29, 1.82) is 0 Å². The van der Waals surface area contributed by atoms with Crippen LogP contribution in [0.5, 0.6) is 0 Å². The first-order valence-electron chi connectivity index (χ1n) is 12.0. The van der Waals surface area contributed by atoms with Crippen molar-refractivity contribution in [2.75, 3.05) is 32.7 Å². The lowest BCUT2D eigenvalue weighted by molar-refractivity contribution is -0.129. The quantitative estimate of drug-likeness (QED) is 0.725. The molecular weight excluding hydrogens is 398 g/mol. The molecular formula is C27H35N3O2. The Morgan fingerprint density at radius 2 is 1.59 bits per heavy atom. The third-order valence-electron chi connectivity index (χ3n) is 6.96. The van der Waals surface area contributed by atoms with Crippen LogP contribution in [-0.2, 0) is 11.2 Å². The third kappa shape index (κ3) is 5.57. The van der Waals surface area contributed by atoms with E-state index in [0.29, 0.717) is 25.6 Å². The number of carbonyl (C=O) groups excluding carboxylic acids is 2. The van der Waals surface area contributed by atoms with Gasteiger partial charge in [0.25, 0.3) is 5.91 Å². The number of nitrogens with zero attached hydrogens (tertiary/aromatic N) is 2. The summed E-state index contributed by atoms with van der Waals surface area (Å²) >= 11 is 0. The Balaban J connectivity index is 1.34. The van der Waals surface area contributed by atoms with Gasteiger partial charge < -0.3 is 10.2 Å². The van der Waals surface area contributed by atoms with Crippen LogP contribution in [0.4, 0.5) is 0 Å². The summed E-state index contributed by atoms with van der Waals surface area (Å²) in [4.78, 5) is 30.4. The smallest absolute Gasteiger partial charge is 0.253 e. The largest absolute Gasteiger partial charge is 0.354 e. The molecule has 2 fully saturated rings. The van der Waals surface area contributed by atoms with Gasteiger partial charge in [-0.25, -0.2) is 0 Å². The normalized spacial score (nSPS) is 18.5. The maximum Gasteiger partial charge on any atom is 0.253 e. The number of amides is 2. The SMILES string of the molecule is Cc1ccc(C(=O)N2CCN([C@H](C(=O)NCCc3ccccc3)C3CCCC3)CC2)cc1. The molecule has 1 saturated heterocycles. The highest BCUT2D eigenvalue weighted by molar-refractivity contribution is 5.94. The Hall–Kier alpha value is -2.66. The van der Waals surface area contributed by atoms with Gasteiger partial charge in [-0.1, -0.05) is 60.9 Å². The van der Waals surface area contributed by atoms with E-state index in [1.165, 1.54) is 18.4 Å². The zero-order valence-corrected chi connectivity index (χ0v) is 19.1. The van der Waals surface area contributed by atoms with E-state index in [4.69, 9.17) is 0 Å². The number of rotatable bonds is 7. The fourth-order valence-electron chi connectivity index (χ4n) is 5.11. The highest BCUT2D eigenvalue weighted by Crippen LogP contribution is 2.31. The minimum absolute atomic E-state index is 0.0788. The number of carbonyl (C=O) groups is 2. The summed E-state index contributed by atoms with van der Waals surface area (Å²) < 4.78 is 0. The van der Waals surface area contributed by atoms with E-state index in [9.17, 15) is 9.59 Å². The van der Waals surface area contributed by atoms with E-state index in [1.807, 2.05) is 54.3 Å². The summed E-state index contributed by atoms with van der Waals surface area (Å²) in [5, 5.41) is 3.21. The first-order valence-corrected chi connectivity index (χ1v) is 12.0. The molecule has 1 saturated carbocycles. The van der Waals surface area contributed by atoms with Crippen LogP contribution in [0.25, 0.3) is 0 Å². The summed E-state index contributed by atoms with van der Waals surface area (Å²) in [5.74, 6) is 0.673. The average Bonchev–Trinajstić information content (AvgIpc) is 3.35. The van der Waals surface area contributed by atoms with Gasteiger partial charge in [0.1, 0.15) is 0 Å².